The highest BCUT2D eigenvalue weighted by Gasteiger charge is 2.01. The first-order valence-corrected chi connectivity index (χ1v) is 4.82. The first-order chi connectivity index (χ1) is 6.74. The third-order valence-electron chi connectivity index (χ3n) is 1.77. The van der Waals surface area contributed by atoms with Gasteiger partial charge in [-0.1, -0.05) is 28.1 Å². The summed E-state index contributed by atoms with van der Waals surface area (Å²) >= 11 is 3.34. The van der Waals surface area contributed by atoms with E-state index in [1.54, 1.807) is 0 Å². The zero-order chi connectivity index (χ0) is 9.97. The zero-order valence-corrected chi connectivity index (χ0v) is 8.74. The third kappa shape index (κ3) is 2.11. The Morgan fingerprint density at radius 3 is 2.64 bits per heavy atom. The van der Waals surface area contributed by atoms with Gasteiger partial charge >= 0.3 is 5.76 Å². The van der Waals surface area contributed by atoms with Crippen LogP contribution in [0.1, 0.15) is 11.4 Å². The number of hydrogen-bond acceptors (Lipinski definition) is 3. The van der Waals surface area contributed by atoms with E-state index in [0.29, 0.717) is 12.2 Å². The molecule has 1 aromatic heterocycles. The van der Waals surface area contributed by atoms with Crippen molar-refractivity contribution in [3.63, 3.8) is 0 Å². The summed E-state index contributed by atoms with van der Waals surface area (Å²) in [5, 5.41) is 2.46. The molecule has 14 heavy (non-hydrogen) atoms. The number of nitrogens with zero attached hydrogens (tertiary/aromatic N) is 1. The van der Waals surface area contributed by atoms with E-state index >= 15 is 0 Å². The lowest BCUT2D eigenvalue weighted by molar-refractivity contribution is 0.382. The number of aromatic nitrogens is 2. The maximum absolute atomic E-state index is 10.6. The van der Waals surface area contributed by atoms with Crippen LogP contribution in [0.3, 0.4) is 0 Å². The monoisotopic (exact) mass is 254 g/mol. The molecule has 0 bridgehead atoms. The maximum atomic E-state index is 10.6. The first-order valence-electron chi connectivity index (χ1n) is 4.03. The maximum Gasteiger partial charge on any atom is 0.459 e. The van der Waals surface area contributed by atoms with E-state index in [4.69, 9.17) is 0 Å². The number of aromatic amines is 1. The van der Waals surface area contributed by atoms with E-state index in [1.165, 1.54) is 0 Å². The summed E-state index contributed by atoms with van der Waals surface area (Å²) < 4.78 is 5.48. The topological polar surface area (TPSA) is 58.9 Å². The highest BCUT2D eigenvalue weighted by atomic mass is 79.9. The first kappa shape index (κ1) is 9.21. The number of benzene rings is 1. The molecular formula is C9H7BrN2O2. The van der Waals surface area contributed by atoms with Crippen LogP contribution in [0.25, 0.3) is 0 Å². The molecule has 4 nitrogen and oxygen atoms in total. The fourth-order valence-electron chi connectivity index (χ4n) is 1.13. The Hall–Kier alpha value is -1.36. The van der Waals surface area contributed by atoms with Crippen LogP contribution in [0, 0.1) is 0 Å². The second-order valence-corrected chi connectivity index (χ2v) is 3.75. The second kappa shape index (κ2) is 3.79. The van der Waals surface area contributed by atoms with Crippen LogP contribution in [-0.2, 0) is 6.42 Å². The Morgan fingerprint density at radius 2 is 2.07 bits per heavy atom. The summed E-state index contributed by atoms with van der Waals surface area (Å²) in [5.74, 6) is -0.0468. The molecule has 0 fully saturated rings. The van der Waals surface area contributed by atoms with Gasteiger partial charge in [0, 0.05) is 10.9 Å². The van der Waals surface area contributed by atoms with Gasteiger partial charge in [-0.25, -0.2) is 9.95 Å². The van der Waals surface area contributed by atoms with Gasteiger partial charge < -0.3 is 4.52 Å². The molecule has 0 saturated carbocycles. The molecule has 5 heteroatoms. The van der Waals surface area contributed by atoms with Crippen molar-refractivity contribution in [2.75, 3.05) is 0 Å². The lowest BCUT2D eigenvalue weighted by atomic mass is 10.1. The van der Waals surface area contributed by atoms with Crippen molar-refractivity contribution in [3.8, 4) is 0 Å². The predicted octanol–water partition coefficient (Wildman–Crippen LogP) is 1.72. The summed E-state index contributed by atoms with van der Waals surface area (Å²) in [4.78, 5) is 14.3. The van der Waals surface area contributed by atoms with E-state index < -0.39 is 5.76 Å². The van der Waals surface area contributed by atoms with Crippen LogP contribution >= 0.6 is 15.9 Å². The number of nitrogens with one attached hydrogen (secondary N) is 1. The fourth-order valence-corrected chi connectivity index (χ4v) is 1.39. The molecule has 0 unspecified atom stereocenters. The Kier molecular flexibility index (Phi) is 2.49. The molecular weight excluding hydrogens is 248 g/mol. The van der Waals surface area contributed by atoms with Crippen molar-refractivity contribution in [2.24, 2.45) is 0 Å². The van der Waals surface area contributed by atoms with Crippen molar-refractivity contribution in [1.82, 2.24) is 10.1 Å². The van der Waals surface area contributed by atoms with Crippen molar-refractivity contribution >= 4 is 15.9 Å². The molecule has 1 N–H and O–H groups in total. The van der Waals surface area contributed by atoms with E-state index in [1.807, 2.05) is 24.3 Å². The van der Waals surface area contributed by atoms with Gasteiger partial charge in [0.1, 0.15) is 5.82 Å². The van der Waals surface area contributed by atoms with Gasteiger partial charge in [0.25, 0.3) is 0 Å². The molecule has 0 aliphatic carbocycles. The average molecular weight is 255 g/mol. The van der Waals surface area contributed by atoms with Crippen molar-refractivity contribution in [1.29, 1.82) is 0 Å². The van der Waals surface area contributed by atoms with Crippen molar-refractivity contribution in [2.45, 2.75) is 6.42 Å². The molecule has 0 saturated heterocycles. The fraction of sp³-hybridized carbons (Fsp3) is 0.111. The van der Waals surface area contributed by atoms with Crippen LogP contribution in [0.5, 0.6) is 0 Å². The zero-order valence-electron chi connectivity index (χ0n) is 7.16. The summed E-state index contributed by atoms with van der Waals surface area (Å²) in [7, 11) is 0. The Bertz CT molecular complexity index is 472. The van der Waals surface area contributed by atoms with Crippen LogP contribution in [0.4, 0.5) is 0 Å². The third-order valence-corrected chi connectivity index (χ3v) is 2.30. The van der Waals surface area contributed by atoms with Crippen LogP contribution in [-0.4, -0.2) is 10.1 Å². The SMILES string of the molecule is O=c1nc(Cc2ccc(Br)cc2)[nH]o1. The van der Waals surface area contributed by atoms with E-state index in [0.717, 1.165) is 10.0 Å². The molecule has 2 aromatic rings. The number of hydrogen-bond donors (Lipinski definition) is 1. The molecule has 1 heterocycles. The van der Waals surface area contributed by atoms with Gasteiger partial charge in [-0.15, -0.1) is 0 Å². The highest BCUT2D eigenvalue weighted by Crippen LogP contribution is 2.11. The molecule has 72 valence electrons. The largest absolute Gasteiger partial charge is 0.459 e. The van der Waals surface area contributed by atoms with Gasteiger partial charge in [0.05, 0.1) is 0 Å². The Labute approximate surface area is 88.1 Å². The molecule has 0 aliphatic rings. The van der Waals surface area contributed by atoms with Gasteiger partial charge in [-0.05, 0) is 17.7 Å². The van der Waals surface area contributed by atoms with Gasteiger partial charge in [0.2, 0.25) is 0 Å². The van der Waals surface area contributed by atoms with Gasteiger partial charge in [-0.3, -0.25) is 0 Å². The smallest absolute Gasteiger partial charge is 0.321 e. The highest BCUT2D eigenvalue weighted by molar-refractivity contribution is 9.10. The summed E-state index contributed by atoms with van der Waals surface area (Å²) in [6.07, 6.45) is 0.568. The van der Waals surface area contributed by atoms with Crippen molar-refractivity contribution < 1.29 is 4.52 Å². The minimum Gasteiger partial charge on any atom is -0.321 e. The van der Waals surface area contributed by atoms with Gasteiger partial charge in [-0.2, -0.15) is 4.98 Å². The van der Waals surface area contributed by atoms with E-state index in [9.17, 15) is 4.79 Å². The lowest BCUT2D eigenvalue weighted by Gasteiger charge is -1.96. The molecule has 0 radical (unpaired) electrons. The number of halogens is 1. The minimum atomic E-state index is -0.586. The molecule has 0 aliphatic heterocycles. The molecule has 0 atom stereocenters. The van der Waals surface area contributed by atoms with Crippen LogP contribution < -0.4 is 5.76 Å². The number of H-pyrrole nitrogens is 1. The molecule has 1 aromatic carbocycles. The Morgan fingerprint density at radius 1 is 1.36 bits per heavy atom. The Balaban J connectivity index is 2.19. The van der Waals surface area contributed by atoms with Crippen LogP contribution in [0.2, 0.25) is 0 Å². The summed E-state index contributed by atoms with van der Waals surface area (Å²) in [5.41, 5.74) is 1.07. The van der Waals surface area contributed by atoms with E-state index in [2.05, 4.69) is 30.6 Å². The molecule has 2 rings (SSSR count). The normalized spacial score (nSPS) is 10.4. The van der Waals surface area contributed by atoms with E-state index in [-0.39, 0.29) is 0 Å². The minimum absolute atomic E-state index is 0.539. The lowest BCUT2D eigenvalue weighted by Crippen LogP contribution is -1.97. The quantitative estimate of drug-likeness (QED) is 0.888. The van der Waals surface area contributed by atoms with Crippen LogP contribution in [0.15, 0.2) is 38.1 Å². The van der Waals surface area contributed by atoms with Gasteiger partial charge in [0.15, 0.2) is 0 Å². The summed E-state index contributed by atoms with van der Waals surface area (Å²) in [6.45, 7) is 0. The van der Waals surface area contributed by atoms with Crippen molar-refractivity contribution in [3.05, 3.63) is 50.7 Å². The molecule has 0 spiro atoms. The second-order valence-electron chi connectivity index (χ2n) is 2.83. The average Bonchev–Trinajstić information content (AvgIpc) is 2.56. The standard InChI is InChI=1S/C9H7BrN2O2/c10-7-3-1-6(2-4-7)5-8-11-9(13)14-12-8/h1-4H,5H2,(H,11,12,13). The predicted molar refractivity (Wildman–Crippen MR) is 54.1 cm³/mol. The molecule has 0 amide bonds. The summed E-state index contributed by atoms with van der Waals surface area (Å²) in [6, 6.07) is 7.79. The number of rotatable bonds is 2.